The van der Waals surface area contributed by atoms with Crippen LogP contribution in [0.1, 0.15) is 17.2 Å². The molecule has 0 spiro atoms. The normalized spacial score (nSPS) is 15.8. The Balaban J connectivity index is 1.59. The van der Waals surface area contributed by atoms with E-state index in [1.54, 1.807) is 7.11 Å². The first-order chi connectivity index (χ1) is 11.3. The average Bonchev–Trinajstić information content (AvgIpc) is 3.07. The lowest BCUT2D eigenvalue weighted by atomic mass is 9.99. The van der Waals surface area contributed by atoms with Crippen LogP contribution in [0.25, 0.3) is 11.1 Å². The molecule has 3 aromatic rings. The minimum absolute atomic E-state index is 0.311. The van der Waals surface area contributed by atoms with Crippen LogP contribution < -0.4 is 10.1 Å². The van der Waals surface area contributed by atoms with E-state index in [2.05, 4.69) is 59.9 Å². The molecule has 0 bridgehead atoms. The first kappa shape index (κ1) is 13.9. The Labute approximate surface area is 136 Å². The molecule has 3 aromatic carbocycles. The molecule has 1 heterocycles. The van der Waals surface area contributed by atoms with Crippen molar-refractivity contribution in [2.75, 3.05) is 12.4 Å². The second-order valence-electron chi connectivity index (χ2n) is 5.88. The van der Waals surface area contributed by atoms with Gasteiger partial charge in [-0.15, -0.1) is 0 Å². The number of fused-ring (bicyclic) bond motifs is 1. The smallest absolute Gasteiger partial charge is 0.124 e. The molecule has 1 atom stereocenters. The summed E-state index contributed by atoms with van der Waals surface area (Å²) in [5, 5.41) is 3.60. The molecule has 1 aliphatic rings. The molecule has 0 saturated carbocycles. The van der Waals surface area contributed by atoms with Crippen LogP contribution in [0.5, 0.6) is 5.75 Å². The van der Waals surface area contributed by atoms with Gasteiger partial charge in [-0.2, -0.15) is 0 Å². The molecule has 1 aliphatic heterocycles. The van der Waals surface area contributed by atoms with Crippen molar-refractivity contribution in [2.45, 2.75) is 12.5 Å². The van der Waals surface area contributed by atoms with Gasteiger partial charge in [0.15, 0.2) is 0 Å². The van der Waals surface area contributed by atoms with Crippen molar-refractivity contribution < 1.29 is 4.74 Å². The number of hydrogen-bond donors (Lipinski definition) is 1. The molecule has 114 valence electrons. The van der Waals surface area contributed by atoms with Gasteiger partial charge in [0.05, 0.1) is 13.2 Å². The van der Waals surface area contributed by atoms with Crippen LogP contribution in [0.2, 0.25) is 0 Å². The fraction of sp³-hybridized carbons (Fsp3) is 0.143. The van der Waals surface area contributed by atoms with Crippen LogP contribution in [0.15, 0.2) is 72.8 Å². The zero-order valence-corrected chi connectivity index (χ0v) is 13.1. The van der Waals surface area contributed by atoms with E-state index < -0.39 is 0 Å². The average molecular weight is 301 g/mol. The SMILES string of the molecule is COc1cccc2c1CC(c1ccc(-c3ccccc3)cc1)N2. The number of rotatable bonds is 3. The predicted octanol–water partition coefficient (Wildman–Crippen LogP) is 5.07. The highest BCUT2D eigenvalue weighted by atomic mass is 16.5. The third-order valence-corrected chi connectivity index (χ3v) is 4.51. The summed E-state index contributed by atoms with van der Waals surface area (Å²) in [6.45, 7) is 0. The van der Waals surface area contributed by atoms with Gasteiger partial charge in [-0.1, -0.05) is 60.7 Å². The number of benzene rings is 3. The summed E-state index contributed by atoms with van der Waals surface area (Å²) in [5.74, 6) is 0.971. The molecule has 2 nitrogen and oxygen atoms in total. The van der Waals surface area contributed by atoms with E-state index in [4.69, 9.17) is 4.74 Å². The molecule has 1 unspecified atom stereocenters. The first-order valence-corrected chi connectivity index (χ1v) is 7.93. The zero-order valence-electron chi connectivity index (χ0n) is 13.1. The molecule has 0 aliphatic carbocycles. The third kappa shape index (κ3) is 2.57. The minimum Gasteiger partial charge on any atom is -0.496 e. The van der Waals surface area contributed by atoms with Gasteiger partial charge in [0.25, 0.3) is 0 Å². The summed E-state index contributed by atoms with van der Waals surface area (Å²) < 4.78 is 5.48. The third-order valence-electron chi connectivity index (χ3n) is 4.51. The molecule has 0 radical (unpaired) electrons. The van der Waals surface area contributed by atoms with Gasteiger partial charge in [-0.25, -0.2) is 0 Å². The molecule has 1 N–H and O–H groups in total. The Hall–Kier alpha value is -2.74. The van der Waals surface area contributed by atoms with Crippen LogP contribution in [-0.2, 0) is 6.42 Å². The Bertz CT molecular complexity index is 809. The molecule has 2 heteroatoms. The van der Waals surface area contributed by atoms with Gasteiger partial charge < -0.3 is 10.1 Å². The van der Waals surface area contributed by atoms with Crippen molar-refractivity contribution in [1.29, 1.82) is 0 Å². The lowest BCUT2D eigenvalue weighted by Gasteiger charge is -2.12. The highest BCUT2D eigenvalue weighted by Crippen LogP contribution is 2.39. The standard InChI is InChI=1S/C21H19NO/c1-23-21-9-5-8-19-18(21)14-20(22-19)17-12-10-16(11-13-17)15-6-3-2-4-7-15/h2-13,20,22H,14H2,1H3. The second-order valence-corrected chi connectivity index (χ2v) is 5.88. The molecule has 23 heavy (non-hydrogen) atoms. The lowest BCUT2D eigenvalue weighted by Crippen LogP contribution is -2.05. The van der Waals surface area contributed by atoms with Crippen LogP contribution >= 0.6 is 0 Å². The van der Waals surface area contributed by atoms with Gasteiger partial charge in [0, 0.05) is 17.7 Å². The number of methoxy groups -OCH3 is 1. The maximum atomic E-state index is 5.48. The summed E-state index contributed by atoms with van der Waals surface area (Å²) in [4.78, 5) is 0. The molecule has 0 fully saturated rings. The Morgan fingerprint density at radius 3 is 2.30 bits per heavy atom. The van der Waals surface area contributed by atoms with E-state index in [9.17, 15) is 0 Å². The van der Waals surface area contributed by atoms with E-state index in [0.717, 1.165) is 12.2 Å². The summed E-state index contributed by atoms with van der Waals surface area (Å²) in [7, 11) is 1.73. The number of ether oxygens (including phenoxy) is 1. The zero-order chi connectivity index (χ0) is 15.6. The van der Waals surface area contributed by atoms with Gasteiger partial charge in [-0.05, 0) is 28.8 Å². The highest BCUT2D eigenvalue weighted by molar-refractivity contribution is 5.66. The summed E-state index contributed by atoms with van der Waals surface area (Å²) in [5.41, 5.74) is 6.27. The minimum atomic E-state index is 0.311. The van der Waals surface area contributed by atoms with Crippen LogP contribution in [-0.4, -0.2) is 7.11 Å². The molecule has 0 amide bonds. The van der Waals surface area contributed by atoms with Crippen molar-refractivity contribution in [2.24, 2.45) is 0 Å². The molecule has 0 aromatic heterocycles. The monoisotopic (exact) mass is 301 g/mol. The largest absolute Gasteiger partial charge is 0.496 e. The maximum Gasteiger partial charge on any atom is 0.124 e. The molecular formula is C21H19NO. The Kier molecular flexibility index (Phi) is 3.51. The Morgan fingerprint density at radius 1 is 0.826 bits per heavy atom. The van der Waals surface area contributed by atoms with Gasteiger partial charge in [0.2, 0.25) is 0 Å². The van der Waals surface area contributed by atoms with E-state index in [-0.39, 0.29) is 0 Å². The van der Waals surface area contributed by atoms with Crippen molar-refractivity contribution in [3.8, 4) is 16.9 Å². The topological polar surface area (TPSA) is 21.3 Å². The van der Waals surface area contributed by atoms with Gasteiger partial charge >= 0.3 is 0 Å². The fourth-order valence-corrected chi connectivity index (χ4v) is 3.29. The number of nitrogens with one attached hydrogen (secondary N) is 1. The first-order valence-electron chi connectivity index (χ1n) is 7.93. The second kappa shape index (κ2) is 5.81. The quantitative estimate of drug-likeness (QED) is 0.729. The van der Waals surface area contributed by atoms with Crippen molar-refractivity contribution in [3.63, 3.8) is 0 Å². The van der Waals surface area contributed by atoms with Crippen LogP contribution in [0.3, 0.4) is 0 Å². The van der Waals surface area contributed by atoms with Gasteiger partial charge in [0.1, 0.15) is 5.75 Å². The molecular weight excluding hydrogens is 282 g/mol. The van der Waals surface area contributed by atoms with Crippen LogP contribution in [0, 0.1) is 0 Å². The summed E-state index contributed by atoms with van der Waals surface area (Å²) in [6, 6.07) is 25.8. The van der Waals surface area contributed by atoms with E-state index in [1.807, 2.05) is 18.2 Å². The van der Waals surface area contributed by atoms with E-state index in [1.165, 1.54) is 27.9 Å². The summed E-state index contributed by atoms with van der Waals surface area (Å²) >= 11 is 0. The summed E-state index contributed by atoms with van der Waals surface area (Å²) in [6.07, 6.45) is 0.962. The fourth-order valence-electron chi connectivity index (χ4n) is 3.29. The molecule has 4 rings (SSSR count). The van der Waals surface area contributed by atoms with Crippen molar-refractivity contribution >= 4 is 5.69 Å². The molecule has 0 saturated heterocycles. The number of anilines is 1. The van der Waals surface area contributed by atoms with Gasteiger partial charge in [-0.3, -0.25) is 0 Å². The van der Waals surface area contributed by atoms with E-state index >= 15 is 0 Å². The van der Waals surface area contributed by atoms with Crippen molar-refractivity contribution in [1.82, 2.24) is 0 Å². The van der Waals surface area contributed by atoms with Crippen LogP contribution in [0.4, 0.5) is 5.69 Å². The van der Waals surface area contributed by atoms with Crippen molar-refractivity contribution in [3.05, 3.63) is 83.9 Å². The van der Waals surface area contributed by atoms with E-state index in [0.29, 0.717) is 6.04 Å². The number of hydrogen-bond acceptors (Lipinski definition) is 2. The maximum absolute atomic E-state index is 5.48. The predicted molar refractivity (Wildman–Crippen MR) is 94.9 cm³/mol. The Morgan fingerprint density at radius 2 is 1.57 bits per heavy atom. The lowest BCUT2D eigenvalue weighted by molar-refractivity contribution is 0.410. The highest BCUT2D eigenvalue weighted by Gasteiger charge is 2.24.